The zero-order valence-corrected chi connectivity index (χ0v) is 10.2. The Morgan fingerprint density at radius 1 is 1.29 bits per heavy atom. The Labute approximate surface area is 106 Å². The Hall–Kier alpha value is -1.28. The van der Waals surface area contributed by atoms with E-state index in [0.29, 0.717) is 16.6 Å². The van der Waals surface area contributed by atoms with Crippen LogP contribution in [0.15, 0.2) is 36.4 Å². The highest BCUT2D eigenvalue weighted by atomic mass is 35.5. The molecule has 2 bridgehead atoms. The van der Waals surface area contributed by atoms with Crippen LogP contribution in [0.4, 0.5) is 0 Å². The summed E-state index contributed by atoms with van der Waals surface area (Å²) in [7, 11) is 0. The molecule has 1 aromatic rings. The molecular weight excluding hydrogens is 234 g/mol. The molecule has 3 heteroatoms. The second-order valence-corrected chi connectivity index (χ2v) is 5.06. The number of rotatable bonds is 1. The highest BCUT2D eigenvalue weighted by molar-refractivity contribution is 6.33. The number of fused-ring (bicyclic) bond motifs is 2. The molecule has 1 aromatic carbocycles. The van der Waals surface area contributed by atoms with E-state index >= 15 is 0 Å². The van der Waals surface area contributed by atoms with Gasteiger partial charge in [0.25, 0.3) is 5.91 Å². The molecule has 2 heterocycles. The molecule has 0 saturated carbocycles. The Morgan fingerprint density at radius 2 is 2.12 bits per heavy atom. The van der Waals surface area contributed by atoms with E-state index in [4.69, 9.17) is 11.6 Å². The van der Waals surface area contributed by atoms with Crippen LogP contribution in [-0.4, -0.2) is 22.9 Å². The monoisotopic (exact) mass is 247 g/mol. The van der Waals surface area contributed by atoms with E-state index in [0.717, 1.165) is 19.3 Å². The average molecular weight is 248 g/mol. The van der Waals surface area contributed by atoms with Crippen LogP contribution in [0.3, 0.4) is 0 Å². The molecule has 1 fully saturated rings. The fraction of sp³-hybridized carbons (Fsp3) is 0.357. The standard InChI is InChI=1S/C14H14ClNO/c15-13-7-2-1-6-12(13)14(17)16-10-4-3-5-11(16)9-8-10/h1-4,6-7,10-11H,5,8-9H2. The van der Waals surface area contributed by atoms with Gasteiger partial charge in [-0.2, -0.15) is 0 Å². The van der Waals surface area contributed by atoms with Gasteiger partial charge in [0.1, 0.15) is 0 Å². The molecule has 88 valence electrons. The van der Waals surface area contributed by atoms with Crippen molar-refractivity contribution in [3.8, 4) is 0 Å². The highest BCUT2D eigenvalue weighted by Crippen LogP contribution is 2.33. The maximum absolute atomic E-state index is 12.5. The average Bonchev–Trinajstić information content (AvgIpc) is 2.59. The molecule has 2 unspecified atom stereocenters. The SMILES string of the molecule is O=C(c1ccccc1Cl)N1C2C=CCC1CC2. The van der Waals surface area contributed by atoms with Gasteiger partial charge in [-0.1, -0.05) is 35.9 Å². The van der Waals surface area contributed by atoms with Crippen molar-refractivity contribution in [3.63, 3.8) is 0 Å². The number of hydrogen-bond acceptors (Lipinski definition) is 1. The van der Waals surface area contributed by atoms with Gasteiger partial charge in [0.05, 0.1) is 16.6 Å². The third-order valence-corrected chi connectivity index (χ3v) is 3.98. The van der Waals surface area contributed by atoms with E-state index in [1.807, 2.05) is 23.1 Å². The van der Waals surface area contributed by atoms with Crippen molar-refractivity contribution in [1.29, 1.82) is 0 Å². The van der Waals surface area contributed by atoms with Gasteiger partial charge < -0.3 is 4.90 Å². The summed E-state index contributed by atoms with van der Waals surface area (Å²) in [5.41, 5.74) is 0.626. The second-order valence-electron chi connectivity index (χ2n) is 4.65. The molecule has 3 rings (SSSR count). The summed E-state index contributed by atoms with van der Waals surface area (Å²) in [5.74, 6) is 0.0763. The van der Waals surface area contributed by atoms with Gasteiger partial charge in [-0.05, 0) is 31.4 Å². The Balaban J connectivity index is 1.93. The minimum atomic E-state index is 0.0763. The van der Waals surface area contributed by atoms with E-state index in [-0.39, 0.29) is 11.9 Å². The fourth-order valence-corrected chi connectivity index (χ4v) is 3.03. The van der Waals surface area contributed by atoms with E-state index in [1.165, 1.54) is 0 Å². The number of hydrogen-bond donors (Lipinski definition) is 0. The molecule has 0 N–H and O–H groups in total. The van der Waals surface area contributed by atoms with Gasteiger partial charge in [-0.25, -0.2) is 0 Å². The number of carbonyl (C=O) groups is 1. The predicted molar refractivity (Wildman–Crippen MR) is 68.2 cm³/mol. The van der Waals surface area contributed by atoms with Crippen molar-refractivity contribution in [2.24, 2.45) is 0 Å². The van der Waals surface area contributed by atoms with Crippen LogP contribution in [0.25, 0.3) is 0 Å². The highest BCUT2D eigenvalue weighted by Gasteiger charge is 2.37. The van der Waals surface area contributed by atoms with E-state index in [1.54, 1.807) is 6.07 Å². The Bertz CT molecular complexity index is 483. The van der Waals surface area contributed by atoms with Crippen LogP contribution >= 0.6 is 11.6 Å². The molecule has 2 nitrogen and oxygen atoms in total. The lowest BCUT2D eigenvalue weighted by Crippen LogP contribution is -2.42. The normalized spacial score (nSPS) is 26.3. The first-order valence-corrected chi connectivity index (χ1v) is 6.39. The first-order valence-electron chi connectivity index (χ1n) is 6.01. The van der Waals surface area contributed by atoms with Crippen LogP contribution in [0, 0.1) is 0 Å². The Morgan fingerprint density at radius 3 is 2.88 bits per heavy atom. The van der Waals surface area contributed by atoms with Crippen LogP contribution < -0.4 is 0 Å². The van der Waals surface area contributed by atoms with Gasteiger partial charge in [-0.3, -0.25) is 4.79 Å². The molecule has 0 aromatic heterocycles. The third kappa shape index (κ3) is 1.77. The maximum atomic E-state index is 12.5. The topological polar surface area (TPSA) is 20.3 Å². The molecule has 0 radical (unpaired) electrons. The summed E-state index contributed by atoms with van der Waals surface area (Å²) in [6.45, 7) is 0. The quantitative estimate of drug-likeness (QED) is 0.698. The van der Waals surface area contributed by atoms with E-state index in [9.17, 15) is 4.79 Å². The number of nitrogens with zero attached hydrogens (tertiary/aromatic N) is 1. The van der Waals surface area contributed by atoms with Gasteiger partial charge in [0.2, 0.25) is 0 Å². The summed E-state index contributed by atoms with van der Waals surface area (Å²) in [6.07, 6.45) is 7.51. The minimum Gasteiger partial charge on any atom is -0.329 e. The largest absolute Gasteiger partial charge is 0.329 e. The first-order chi connectivity index (χ1) is 8.27. The lowest BCUT2D eigenvalue weighted by Gasteiger charge is -2.31. The van der Waals surface area contributed by atoms with Crippen molar-refractivity contribution in [1.82, 2.24) is 4.90 Å². The van der Waals surface area contributed by atoms with Crippen LogP contribution in [0.5, 0.6) is 0 Å². The molecule has 0 spiro atoms. The second kappa shape index (κ2) is 4.19. The zero-order chi connectivity index (χ0) is 11.8. The zero-order valence-electron chi connectivity index (χ0n) is 9.47. The van der Waals surface area contributed by atoms with Gasteiger partial charge in [-0.15, -0.1) is 0 Å². The third-order valence-electron chi connectivity index (χ3n) is 3.65. The number of halogens is 1. The fourth-order valence-electron chi connectivity index (χ4n) is 2.82. The summed E-state index contributed by atoms with van der Waals surface area (Å²) < 4.78 is 0. The molecule has 2 aliphatic heterocycles. The van der Waals surface area contributed by atoms with E-state index < -0.39 is 0 Å². The molecule has 1 saturated heterocycles. The van der Waals surface area contributed by atoms with Crippen molar-refractivity contribution in [2.45, 2.75) is 31.3 Å². The molecule has 2 atom stereocenters. The van der Waals surface area contributed by atoms with Crippen molar-refractivity contribution in [2.75, 3.05) is 0 Å². The lowest BCUT2D eigenvalue weighted by atomic mass is 10.1. The Kier molecular flexibility index (Phi) is 2.67. The minimum absolute atomic E-state index is 0.0763. The first kappa shape index (κ1) is 10.8. The van der Waals surface area contributed by atoms with Crippen molar-refractivity contribution in [3.05, 3.63) is 47.0 Å². The lowest BCUT2D eigenvalue weighted by molar-refractivity contribution is 0.0689. The van der Waals surface area contributed by atoms with Crippen LogP contribution in [0.1, 0.15) is 29.6 Å². The number of benzene rings is 1. The van der Waals surface area contributed by atoms with Gasteiger partial charge >= 0.3 is 0 Å². The number of amides is 1. The van der Waals surface area contributed by atoms with E-state index in [2.05, 4.69) is 12.2 Å². The molecule has 0 aliphatic carbocycles. The molecule has 1 amide bonds. The maximum Gasteiger partial charge on any atom is 0.256 e. The summed E-state index contributed by atoms with van der Waals surface area (Å²) >= 11 is 6.09. The van der Waals surface area contributed by atoms with Gasteiger partial charge in [0, 0.05) is 6.04 Å². The van der Waals surface area contributed by atoms with Crippen LogP contribution in [0.2, 0.25) is 5.02 Å². The predicted octanol–water partition coefficient (Wildman–Crippen LogP) is 3.27. The smallest absolute Gasteiger partial charge is 0.256 e. The summed E-state index contributed by atoms with van der Waals surface area (Å²) in [6, 6.07) is 7.94. The molecular formula is C14H14ClNO. The molecule has 2 aliphatic rings. The van der Waals surface area contributed by atoms with Crippen LogP contribution in [-0.2, 0) is 0 Å². The summed E-state index contributed by atoms with van der Waals surface area (Å²) in [4.78, 5) is 14.5. The van der Waals surface area contributed by atoms with Crippen molar-refractivity contribution >= 4 is 17.5 Å². The molecule has 17 heavy (non-hydrogen) atoms. The van der Waals surface area contributed by atoms with Crippen molar-refractivity contribution < 1.29 is 4.79 Å². The number of carbonyl (C=O) groups excluding carboxylic acids is 1. The summed E-state index contributed by atoms with van der Waals surface area (Å²) in [5, 5.41) is 0.548. The van der Waals surface area contributed by atoms with Gasteiger partial charge in [0.15, 0.2) is 0 Å².